The van der Waals surface area contributed by atoms with E-state index in [0.717, 1.165) is 23.5 Å². The van der Waals surface area contributed by atoms with Gasteiger partial charge in [-0.05, 0) is 45.2 Å². The molecule has 1 aliphatic carbocycles. The number of hydrogen-bond donors (Lipinski definition) is 0. The van der Waals surface area contributed by atoms with Gasteiger partial charge in [0.1, 0.15) is 17.1 Å². The zero-order valence-electron chi connectivity index (χ0n) is 12.1. The lowest BCUT2D eigenvalue weighted by molar-refractivity contribution is 0.245. The summed E-state index contributed by atoms with van der Waals surface area (Å²) in [6.07, 6.45) is 4.78. The number of fused-ring (bicyclic) bond motifs is 1. The van der Waals surface area contributed by atoms with E-state index in [0.29, 0.717) is 11.9 Å². The summed E-state index contributed by atoms with van der Waals surface area (Å²) < 4.78 is 8.28. The van der Waals surface area contributed by atoms with E-state index in [9.17, 15) is 0 Å². The van der Waals surface area contributed by atoms with Crippen LogP contribution in [0, 0.1) is 0 Å². The van der Waals surface area contributed by atoms with Crippen molar-refractivity contribution < 1.29 is 4.74 Å². The fraction of sp³-hybridized carbons (Fsp3) is 0.562. The minimum Gasteiger partial charge on any atom is -0.489 e. The molecule has 3 nitrogen and oxygen atoms in total. The molecular weight excluding hydrogens is 272 g/mol. The molecule has 0 unspecified atom stereocenters. The molecule has 1 aromatic heterocycles. The number of benzene rings is 1. The maximum absolute atomic E-state index is 5.94. The molecule has 1 saturated carbocycles. The van der Waals surface area contributed by atoms with Gasteiger partial charge in [-0.15, -0.1) is 11.6 Å². The Hall–Kier alpha value is -1.22. The largest absolute Gasteiger partial charge is 0.489 e. The van der Waals surface area contributed by atoms with E-state index >= 15 is 0 Å². The van der Waals surface area contributed by atoms with Gasteiger partial charge in [-0.3, -0.25) is 0 Å². The Bertz CT molecular complexity index is 602. The van der Waals surface area contributed by atoms with Gasteiger partial charge < -0.3 is 9.30 Å². The van der Waals surface area contributed by atoms with Gasteiger partial charge in [-0.1, -0.05) is 6.07 Å². The fourth-order valence-electron chi connectivity index (χ4n) is 2.80. The van der Waals surface area contributed by atoms with Gasteiger partial charge >= 0.3 is 0 Å². The standard InChI is InChI=1S/C16H21ClN2O/c1-11(2)20-14-8-4-7-13-16(14)18-15(9-10-17)19(13)12-5-3-6-12/h4,7-8,11-12H,3,5-6,9-10H2,1-2H3. The van der Waals surface area contributed by atoms with Crippen molar-refractivity contribution in [3.63, 3.8) is 0 Å². The Labute approximate surface area is 124 Å². The number of imidazole rings is 1. The second-order valence-electron chi connectivity index (χ2n) is 5.71. The number of aryl methyl sites for hydroxylation is 1. The van der Waals surface area contributed by atoms with Gasteiger partial charge in [0.15, 0.2) is 0 Å². The van der Waals surface area contributed by atoms with E-state index in [1.165, 1.54) is 24.8 Å². The van der Waals surface area contributed by atoms with Crippen LogP contribution in [0.2, 0.25) is 0 Å². The van der Waals surface area contributed by atoms with Crippen molar-refractivity contribution in [1.29, 1.82) is 0 Å². The highest BCUT2D eigenvalue weighted by Crippen LogP contribution is 2.37. The van der Waals surface area contributed by atoms with Crippen LogP contribution >= 0.6 is 11.6 Å². The summed E-state index contributed by atoms with van der Waals surface area (Å²) >= 11 is 5.94. The average molecular weight is 293 g/mol. The van der Waals surface area contributed by atoms with Crippen molar-refractivity contribution in [2.45, 2.75) is 51.7 Å². The third-order valence-corrected chi connectivity index (χ3v) is 4.07. The van der Waals surface area contributed by atoms with Crippen LogP contribution in [0.4, 0.5) is 0 Å². The Morgan fingerprint density at radius 3 is 2.80 bits per heavy atom. The quantitative estimate of drug-likeness (QED) is 0.767. The summed E-state index contributed by atoms with van der Waals surface area (Å²) in [5.41, 5.74) is 2.17. The smallest absolute Gasteiger partial charge is 0.147 e. The molecule has 108 valence electrons. The lowest BCUT2D eigenvalue weighted by Crippen LogP contribution is -2.19. The van der Waals surface area contributed by atoms with E-state index < -0.39 is 0 Å². The predicted octanol–water partition coefficient (Wildman–Crippen LogP) is 4.33. The van der Waals surface area contributed by atoms with Gasteiger partial charge in [0.2, 0.25) is 0 Å². The highest BCUT2D eigenvalue weighted by Gasteiger charge is 2.25. The Morgan fingerprint density at radius 2 is 2.20 bits per heavy atom. The van der Waals surface area contributed by atoms with Crippen molar-refractivity contribution in [2.24, 2.45) is 0 Å². The first-order valence-electron chi connectivity index (χ1n) is 7.43. The fourth-order valence-corrected chi connectivity index (χ4v) is 2.97. The molecule has 0 atom stereocenters. The molecule has 20 heavy (non-hydrogen) atoms. The molecule has 0 amide bonds. The zero-order valence-corrected chi connectivity index (χ0v) is 12.9. The SMILES string of the molecule is CC(C)Oc1cccc2c1nc(CCCl)n2C1CCC1. The van der Waals surface area contributed by atoms with E-state index in [4.69, 9.17) is 21.3 Å². The molecule has 4 heteroatoms. The summed E-state index contributed by atoms with van der Waals surface area (Å²) in [5.74, 6) is 2.59. The van der Waals surface area contributed by atoms with E-state index in [1.807, 2.05) is 19.9 Å². The van der Waals surface area contributed by atoms with Crippen molar-refractivity contribution in [2.75, 3.05) is 5.88 Å². The van der Waals surface area contributed by atoms with E-state index in [2.05, 4.69) is 16.7 Å². The molecule has 0 aliphatic heterocycles. The third-order valence-electron chi connectivity index (χ3n) is 3.88. The highest BCUT2D eigenvalue weighted by atomic mass is 35.5. The first kappa shape index (κ1) is 13.7. The molecule has 1 fully saturated rings. The average Bonchev–Trinajstić information content (AvgIpc) is 2.68. The molecule has 2 aromatic rings. The Balaban J connectivity index is 2.11. The number of para-hydroxylation sites is 1. The normalized spacial score (nSPS) is 15.8. The molecular formula is C16H21ClN2O. The lowest BCUT2D eigenvalue weighted by Gasteiger charge is -2.29. The van der Waals surface area contributed by atoms with Crippen molar-refractivity contribution in [1.82, 2.24) is 9.55 Å². The second kappa shape index (κ2) is 5.65. The van der Waals surface area contributed by atoms with Crippen LogP contribution in [-0.2, 0) is 6.42 Å². The first-order chi connectivity index (χ1) is 9.70. The minimum absolute atomic E-state index is 0.158. The molecule has 0 bridgehead atoms. The van der Waals surface area contributed by atoms with Gasteiger partial charge in [0.25, 0.3) is 0 Å². The lowest BCUT2D eigenvalue weighted by atomic mass is 9.92. The molecule has 1 aliphatic rings. The number of rotatable bonds is 5. The van der Waals surface area contributed by atoms with E-state index in [-0.39, 0.29) is 6.10 Å². The van der Waals surface area contributed by atoms with Gasteiger partial charge in [0.05, 0.1) is 11.6 Å². The van der Waals surface area contributed by atoms with Crippen LogP contribution in [-0.4, -0.2) is 21.5 Å². The van der Waals surface area contributed by atoms with Crippen LogP contribution < -0.4 is 4.74 Å². The zero-order chi connectivity index (χ0) is 14.1. The summed E-state index contributed by atoms with van der Waals surface area (Å²) in [5, 5.41) is 0. The Kier molecular flexibility index (Phi) is 3.88. The minimum atomic E-state index is 0.158. The number of hydrogen-bond acceptors (Lipinski definition) is 2. The van der Waals surface area contributed by atoms with Gasteiger partial charge in [0, 0.05) is 18.3 Å². The van der Waals surface area contributed by atoms with Crippen molar-refractivity contribution in [3.8, 4) is 5.75 Å². The van der Waals surface area contributed by atoms with Crippen molar-refractivity contribution in [3.05, 3.63) is 24.0 Å². The second-order valence-corrected chi connectivity index (χ2v) is 6.09. The highest BCUT2D eigenvalue weighted by molar-refractivity contribution is 6.17. The molecule has 0 N–H and O–H groups in total. The van der Waals surface area contributed by atoms with Crippen LogP contribution in [0.15, 0.2) is 18.2 Å². The summed E-state index contributed by atoms with van der Waals surface area (Å²) in [6, 6.07) is 6.80. The third kappa shape index (κ3) is 2.39. The van der Waals surface area contributed by atoms with Gasteiger partial charge in [-0.2, -0.15) is 0 Å². The number of halogens is 1. The molecule has 0 spiro atoms. The summed E-state index contributed by atoms with van der Waals surface area (Å²) in [7, 11) is 0. The number of alkyl halides is 1. The molecule has 0 radical (unpaired) electrons. The maximum atomic E-state index is 5.94. The Morgan fingerprint density at radius 1 is 1.40 bits per heavy atom. The topological polar surface area (TPSA) is 27.1 Å². The van der Waals surface area contributed by atoms with Crippen LogP contribution in [0.25, 0.3) is 11.0 Å². The monoisotopic (exact) mass is 292 g/mol. The first-order valence-corrected chi connectivity index (χ1v) is 7.96. The van der Waals surface area contributed by atoms with Gasteiger partial charge in [-0.25, -0.2) is 4.98 Å². The predicted molar refractivity (Wildman–Crippen MR) is 82.8 cm³/mol. The molecule has 0 saturated heterocycles. The summed E-state index contributed by atoms with van der Waals surface area (Å²) in [4.78, 5) is 4.81. The number of aromatic nitrogens is 2. The van der Waals surface area contributed by atoms with Crippen molar-refractivity contribution >= 4 is 22.6 Å². The number of ether oxygens (including phenoxy) is 1. The molecule has 3 rings (SSSR count). The maximum Gasteiger partial charge on any atom is 0.147 e. The van der Waals surface area contributed by atoms with Crippen LogP contribution in [0.1, 0.15) is 45.0 Å². The summed E-state index contributed by atoms with van der Waals surface area (Å²) in [6.45, 7) is 4.09. The molecule has 1 heterocycles. The van der Waals surface area contributed by atoms with E-state index in [1.54, 1.807) is 0 Å². The number of nitrogens with zero attached hydrogens (tertiary/aromatic N) is 2. The van der Waals surface area contributed by atoms with Crippen LogP contribution in [0.3, 0.4) is 0 Å². The van der Waals surface area contributed by atoms with Crippen LogP contribution in [0.5, 0.6) is 5.75 Å². The molecule has 1 aromatic carbocycles.